The molecule has 0 heterocycles. The first kappa shape index (κ1) is 17.6. The fraction of sp³-hybridized carbons (Fsp3) is 0.500. The fourth-order valence-corrected chi connectivity index (χ4v) is 8.47. The van der Waals surface area contributed by atoms with Gasteiger partial charge in [-0.15, -0.1) is 5.54 Å². The second-order valence-corrected chi connectivity index (χ2v) is 12.1. The minimum Gasteiger partial charge on any atom is -0.279 e. The Morgan fingerprint density at radius 3 is 1.76 bits per heavy atom. The van der Waals surface area contributed by atoms with E-state index in [1.54, 1.807) is 0 Å². The van der Waals surface area contributed by atoms with Gasteiger partial charge in [-0.2, -0.15) is 0 Å². The molecule has 1 aromatic carbocycles. The number of Topliss-reactive ketones (excluding diaryl/α,β-unsaturated/α-hetero) is 1. The van der Waals surface area contributed by atoms with Crippen LogP contribution in [0, 0.1) is 17.3 Å². The van der Waals surface area contributed by atoms with Gasteiger partial charge in [0.05, 0.1) is 0 Å². The van der Waals surface area contributed by atoms with Crippen molar-refractivity contribution < 1.29 is 9.18 Å². The second-order valence-electron chi connectivity index (χ2n) is 6.48. The zero-order valence-corrected chi connectivity index (χ0v) is 14.8. The second kappa shape index (κ2) is 7.04. The normalized spacial score (nSPS) is 11.7. The van der Waals surface area contributed by atoms with E-state index < -0.39 is 8.07 Å². The summed E-state index contributed by atoms with van der Waals surface area (Å²) in [6.45, 7) is 13.3. The Hall–Kier alpha value is -1.40. The molecule has 0 unspecified atom stereocenters. The van der Waals surface area contributed by atoms with Crippen LogP contribution < -0.4 is 0 Å². The van der Waals surface area contributed by atoms with Gasteiger partial charge in [-0.3, -0.25) is 4.79 Å². The van der Waals surface area contributed by atoms with Crippen LogP contribution in [0.3, 0.4) is 0 Å². The molecule has 1 nitrogen and oxygen atoms in total. The summed E-state index contributed by atoms with van der Waals surface area (Å²) in [7, 11) is -1.89. The van der Waals surface area contributed by atoms with Crippen molar-refractivity contribution in [3.8, 4) is 11.5 Å². The lowest BCUT2D eigenvalue weighted by Gasteiger charge is -2.37. The van der Waals surface area contributed by atoms with Crippen molar-refractivity contribution >= 4 is 13.9 Å². The van der Waals surface area contributed by atoms with Gasteiger partial charge in [-0.05, 0) is 46.8 Å². The molecule has 1 rings (SSSR count). The minimum atomic E-state index is -1.89. The van der Waals surface area contributed by atoms with Crippen molar-refractivity contribution in [2.24, 2.45) is 0 Å². The van der Waals surface area contributed by atoms with Gasteiger partial charge in [0.1, 0.15) is 13.9 Å². The molecule has 0 spiro atoms. The number of halogens is 1. The molecule has 0 amide bonds. The molecule has 0 bridgehead atoms. The van der Waals surface area contributed by atoms with Crippen LogP contribution in [0.25, 0.3) is 0 Å². The molecule has 21 heavy (non-hydrogen) atoms. The van der Waals surface area contributed by atoms with Crippen LogP contribution in [0.5, 0.6) is 0 Å². The Kier molecular flexibility index (Phi) is 5.92. The quantitative estimate of drug-likeness (QED) is 0.423. The van der Waals surface area contributed by atoms with E-state index in [0.717, 1.165) is 0 Å². The number of ketones is 1. The lowest BCUT2D eigenvalue weighted by Crippen LogP contribution is -2.43. The van der Waals surface area contributed by atoms with Gasteiger partial charge in [0.15, 0.2) is 0 Å². The predicted molar refractivity (Wildman–Crippen MR) is 89.6 cm³/mol. The lowest BCUT2D eigenvalue weighted by atomic mass is 10.1. The maximum atomic E-state index is 12.9. The number of benzene rings is 1. The van der Waals surface area contributed by atoms with Gasteiger partial charge in [-0.1, -0.05) is 41.5 Å². The fourth-order valence-electron chi connectivity index (χ4n) is 3.27. The summed E-state index contributed by atoms with van der Waals surface area (Å²) < 4.78 is 12.9. The summed E-state index contributed by atoms with van der Waals surface area (Å²) >= 11 is 0. The predicted octanol–water partition coefficient (Wildman–Crippen LogP) is 5.23. The third-order valence-electron chi connectivity index (χ3n) is 4.36. The van der Waals surface area contributed by atoms with Crippen LogP contribution in [0.2, 0.25) is 16.6 Å². The van der Waals surface area contributed by atoms with Gasteiger partial charge in [0, 0.05) is 5.56 Å². The van der Waals surface area contributed by atoms with Gasteiger partial charge in [0.2, 0.25) is 5.78 Å². The molecule has 0 aromatic heterocycles. The molecule has 0 atom stereocenters. The van der Waals surface area contributed by atoms with E-state index in [-0.39, 0.29) is 11.6 Å². The van der Waals surface area contributed by atoms with Crippen molar-refractivity contribution in [2.45, 2.75) is 58.2 Å². The van der Waals surface area contributed by atoms with Crippen LogP contribution in [0.15, 0.2) is 24.3 Å². The minimum absolute atomic E-state index is 0.214. The first-order chi connectivity index (χ1) is 9.71. The van der Waals surface area contributed by atoms with Crippen molar-refractivity contribution in [2.75, 3.05) is 0 Å². The molecule has 114 valence electrons. The maximum absolute atomic E-state index is 12.9. The third-order valence-corrected chi connectivity index (χ3v) is 10.7. The first-order valence-electron chi connectivity index (χ1n) is 7.54. The van der Waals surface area contributed by atoms with E-state index in [4.69, 9.17) is 0 Å². The SMILES string of the molecule is CC(C)[Si](C#CC(=O)c1ccc(F)cc1)(C(C)C)C(C)C. The van der Waals surface area contributed by atoms with Gasteiger partial charge >= 0.3 is 0 Å². The Balaban J connectivity index is 3.16. The highest BCUT2D eigenvalue weighted by atomic mass is 28.3. The maximum Gasteiger partial charge on any atom is 0.235 e. The summed E-state index contributed by atoms with van der Waals surface area (Å²) in [5.41, 5.74) is 5.33. The van der Waals surface area contributed by atoms with Crippen molar-refractivity contribution in [1.29, 1.82) is 0 Å². The highest BCUT2D eigenvalue weighted by molar-refractivity contribution is 6.90. The molecule has 0 saturated carbocycles. The number of carbonyl (C=O) groups excluding carboxylic acids is 1. The molecular weight excluding hydrogens is 279 g/mol. The van der Waals surface area contributed by atoms with Crippen molar-refractivity contribution in [1.82, 2.24) is 0 Å². The molecular formula is C18H25FOSi. The van der Waals surface area contributed by atoms with E-state index in [9.17, 15) is 9.18 Å². The zero-order chi connectivity index (χ0) is 16.2. The van der Waals surface area contributed by atoms with Gasteiger partial charge < -0.3 is 0 Å². The average molecular weight is 304 g/mol. The monoisotopic (exact) mass is 304 g/mol. The first-order valence-corrected chi connectivity index (χ1v) is 9.78. The van der Waals surface area contributed by atoms with Crippen LogP contribution in [-0.4, -0.2) is 13.9 Å². The third kappa shape index (κ3) is 3.82. The van der Waals surface area contributed by atoms with E-state index in [0.29, 0.717) is 22.2 Å². The molecule has 0 fully saturated rings. The Morgan fingerprint density at radius 2 is 1.38 bits per heavy atom. The van der Waals surface area contributed by atoms with Crippen LogP contribution in [0.1, 0.15) is 51.9 Å². The number of carbonyl (C=O) groups is 1. The Morgan fingerprint density at radius 1 is 0.952 bits per heavy atom. The van der Waals surface area contributed by atoms with E-state index in [1.807, 2.05) is 0 Å². The van der Waals surface area contributed by atoms with Gasteiger partial charge in [-0.25, -0.2) is 4.39 Å². The van der Waals surface area contributed by atoms with Crippen LogP contribution >= 0.6 is 0 Å². The summed E-state index contributed by atoms with van der Waals surface area (Å²) in [6, 6.07) is 5.59. The van der Waals surface area contributed by atoms with E-state index >= 15 is 0 Å². The molecule has 0 aliphatic heterocycles. The summed E-state index contributed by atoms with van der Waals surface area (Å²) in [5.74, 6) is 2.30. The van der Waals surface area contributed by atoms with E-state index in [2.05, 4.69) is 53.0 Å². The molecule has 0 aliphatic rings. The molecule has 0 radical (unpaired) electrons. The molecule has 0 N–H and O–H groups in total. The highest BCUT2D eigenvalue weighted by Crippen LogP contribution is 2.40. The summed E-state index contributed by atoms with van der Waals surface area (Å²) in [4.78, 5) is 12.2. The standard InChI is InChI=1S/C18H25FOSi/c1-13(2)21(14(3)4,15(5)6)12-11-18(20)16-7-9-17(19)10-8-16/h7-10,13-15H,1-6H3. The summed E-state index contributed by atoms with van der Waals surface area (Å²) in [6.07, 6.45) is 0. The van der Waals surface area contributed by atoms with Gasteiger partial charge in [0.25, 0.3) is 0 Å². The van der Waals surface area contributed by atoms with E-state index in [1.165, 1.54) is 24.3 Å². The topological polar surface area (TPSA) is 17.1 Å². The van der Waals surface area contributed by atoms with Crippen LogP contribution in [-0.2, 0) is 0 Å². The Labute approximate surface area is 129 Å². The van der Waals surface area contributed by atoms with Crippen LogP contribution in [0.4, 0.5) is 4.39 Å². The lowest BCUT2D eigenvalue weighted by molar-refractivity contribution is 0.105. The number of hydrogen-bond acceptors (Lipinski definition) is 1. The highest BCUT2D eigenvalue weighted by Gasteiger charge is 2.41. The number of rotatable bonds is 4. The molecule has 1 aromatic rings. The average Bonchev–Trinajstić information content (AvgIpc) is 2.38. The molecule has 0 saturated heterocycles. The largest absolute Gasteiger partial charge is 0.279 e. The van der Waals surface area contributed by atoms with Crippen molar-refractivity contribution in [3.63, 3.8) is 0 Å². The smallest absolute Gasteiger partial charge is 0.235 e. The zero-order valence-electron chi connectivity index (χ0n) is 13.8. The number of hydrogen-bond donors (Lipinski definition) is 0. The summed E-state index contributed by atoms with van der Waals surface area (Å²) in [5, 5.41) is 0. The Bertz CT molecular complexity index is 525. The molecule has 3 heteroatoms. The molecule has 0 aliphatic carbocycles. The van der Waals surface area contributed by atoms with Crippen molar-refractivity contribution in [3.05, 3.63) is 35.6 Å².